The number of hydrogen-bond donors (Lipinski definition) is 1. The summed E-state index contributed by atoms with van der Waals surface area (Å²) >= 11 is 6.07. The summed E-state index contributed by atoms with van der Waals surface area (Å²) in [6, 6.07) is 2.17. The average molecular weight is 414 g/mol. The van der Waals surface area contributed by atoms with Gasteiger partial charge in [-0.05, 0) is 49.6 Å². The zero-order chi connectivity index (χ0) is 21.2. The van der Waals surface area contributed by atoms with E-state index in [1.807, 2.05) is 0 Å². The number of aryl methyl sites for hydroxylation is 2. The summed E-state index contributed by atoms with van der Waals surface area (Å²) in [4.78, 5) is 26.8. The number of alkyl halides is 3. The first-order valence-electron chi connectivity index (χ1n) is 8.29. The number of rotatable bonds is 4. The Morgan fingerprint density at radius 1 is 1.25 bits per heavy atom. The molecule has 0 atom stereocenters. The van der Waals surface area contributed by atoms with Gasteiger partial charge in [-0.3, -0.25) is 4.79 Å². The smallest absolute Gasteiger partial charge is 0.416 e. The lowest BCUT2D eigenvalue weighted by Gasteiger charge is -2.13. The highest BCUT2D eigenvalue weighted by Gasteiger charge is 2.31. The predicted octanol–water partition coefficient (Wildman–Crippen LogP) is 5.10. The Morgan fingerprint density at radius 3 is 2.32 bits per heavy atom. The van der Waals surface area contributed by atoms with E-state index in [9.17, 15) is 22.8 Å². The molecule has 0 bridgehead atoms. The second kappa shape index (κ2) is 8.22. The van der Waals surface area contributed by atoms with E-state index in [2.05, 4.69) is 9.72 Å². The van der Waals surface area contributed by atoms with Crippen LogP contribution >= 0.6 is 11.6 Å². The van der Waals surface area contributed by atoms with Gasteiger partial charge >= 0.3 is 12.1 Å². The number of ether oxygens (including phenoxy) is 1. The lowest BCUT2D eigenvalue weighted by molar-refractivity contribution is -0.137. The third-order valence-electron chi connectivity index (χ3n) is 4.30. The van der Waals surface area contributed by atoms with Crippen LogP contribution in [0.15, 0.2) is 28.7 Å². The molecule has 0 aliphatic carbocycles. The molecule has 0 radical (unpaired) electrons. The molecule has 1 aromatic carbocycles. The number of benzene rings is 1. The molecule has 1 aromatic heterocycles. The van der Waals surface area contributed by atoms with Crippen LogP contribution in [0.5, 0.6) is 0 Å². The Balaban J connectivity index is 2.44. The molecule has 2 rings (SSSR count). The lowest BCUT2D eigenvalue weighted by Crippen LogP contribution is -2.21. The molecule has 0 aliphatic rings. The van der Waals surface area contributed by atoms with Crippen LogP contribution in [0, 0.1) is 13.8 Å². The standard InChI is InChI=1S/C20H19ClF3NO3/c1-10(5-14-11(2)7-13(8-12(14)3)20(22,23)24)6-15-17(26)16(19(27)28-4)9-25-18(15)21/h5,7-9H,6H2,1-4H3,(H,25,26)/b10-5+. The van der Waals surface area contributed by atoms with Gasteiger partial charge in [-0.25, -0.2) is 4.79 Å². The number of carbonyl (C=O) groups is 1. The van der Waals surface area contributed by atoms with Crippen LogP contribution in [0.3, 0.4) is 0 Å². The second-order valence-electron chi connectivity index (χ2n) is 6.50. The number of methoxy groups -OCH3 is 1. The molecule has 0 saturated heterocycles. The summed E-state index contributed by atoms with van der Waals surface area (Å²) in [5.41, 5.74) is 1.02. The van der Waals surface area contributed by atoms with Gasteiger partial charge in [0.15, 0.2) is 0 Å². The zero-order valence-electron chi connectivity index (χ0n) is 15.8. The number of halogens is 4. The Labute approximate surface area is 165 Å². The van der Waals surface area contributed by atoms with Gasteiger partial charge in [0.1, 0.15) is 10.7 Å². The first-order chi connectivity index (χ1) is 13.0. The largest absolute Gasteiger partial charge is 0.465 e. The third kappa shape index (κ3) is 4.65. The van der Waals surface area contributed by atoms with E-state index < -0.39 is 23.1 Å². The number of carbonyl (C=O) groups excluding carboxylic acids is 1. The van der Waals surface area contributed by atoms with Crippen molar-refractivity contribution in [3.63, 3.8) is 0 Å². The molecule has 8 heteroatoms. The number of allylic oxidation sites excluding steroid dienone is 1. The highest BCUT2D eigenvalue weighted by molar-refractivity contribution is 6.30. The molecular formula is C20H19ClF3NO3. The molecule has 1 N–H and O–H groups in total. The van der Waals surface area contributed by atoms with E-state index in [-0.39, 0.29) is 22.7 Å². The summed E-state index contributed by atoms with van der Waals surface area (Å²) in [5.74, 6) is -0.782. The Hall–Kier alpha value is -2.54. The summed E-state index contributed by atoms with van der Waals surface area (Å²) < 4.78 is 43.4. The second-order valence-corrected chi connectivity index (χ2v) is 6.88. The van der Waals surface area contributed by atoms with Crippen LogP contribution in [-0.2, 0) is 17.3 Å². The van der Waals surface area contributed by atoms with E-state index in [0.717, 1.165) is 19.2 Å². The Morgan fingerprint density at radius 2 is 1.82 bits per heavy atom. The van der Waals surface area contributed by atoms with Crippen LogP contribution in [0.4, 0.5) is 13.2 Å². The molecular weight excluding hydrogens is 395 g/mol. The molecule has 0 fully saturated rings. The van der Waals surface area contributed by atoms with Crippen molar-refractivity contribution in [2.24, 2.45) is 0 Å². The van der Waals surface area contributed by atoms with E-state index in [1.165, 1.54) is 6.20 Å². The minimum atomic E-state index is -4.41. The van der Waals surface area contributed by atoms with Gasteiger partial charge in [0, 0.05) is 18.2 Å². The van der Waals surface area contributed by atoms with Crippen molar-refractivity contribution in [3.05, 3.63) is 72.7 Å². The van der Waals surface area contributed by atoms with Crippen LogP contribution < -0.4 is 5.43 Å². The van der Waals surface area contributed by atoms with Crippen molar-refractivity contribution in [2.75, 3.05) is 7.11 Å². The number of esters is 1. The monoisotopic (exact) mass is 413 g/mol. The first-order valence-corrected chi connectivity index (χ1v) is 8.67. The predicted molar refractivity (Wildman–Crippen MR) is 102 cm³/mol. The van der Waals surface area contributed by atoms with Crippen molar-refractivity contribution in [3.8, 4) is 0 Å². The molecule has 0 saturated carbocycles. The summed E-state index contributed by atoms with van der Waals surface area (Å²) in [7, 11) is 1.16. The van der Waals surface area contributed by atoms with E-state index >= 15 is 0 Å². The maximum Gasteiger partial charge on any atom is 0.416 e. The van der Waals surface area contributed by atoms with E-state index in [1.54, 1.807) is 26.8 Å². The third-order valence-corrected chi connectivity index (χ3v) is 4.64. The Kier molecular flexibility index (Phi) is 6.39. The fourth-order valence-corrected chi connectivity index (χ4v) is 3.12. The molecule has 150 valence electrons. The summed E-state index contributed by atoms with van der Waals surface area (Å²) in [5, 5.41) is 0.0891. The van der Waals surface area contributed by atoms with Gasteiger partial charge in [-0.1, -0.05) is 23.3 Å². The molecule has 0 unspecified atom stereocenters. The van der Waals surface area contributed by atoms with Crippen LogP contribution in [0.25, 0.3) is 6.08 Å². The van der Waals surface area contributed by atoms with Gasteiger partial charge in [-0.15, -0.1) is 0 Å². The molecule has 0 aliphatic heterocycles. The van der Waals surface area contributed by atoms with Crippen LogP contribution in [-0.4, -0.2) is 18.1 Å². The first kappa shape index (κ1) is 21.8. The number of nitrogens with one attached hydrogen (secondary N) is 1. The van der Waals surface area contributed by atoms with Crippen LogP contribution in [0.1, 0.15) is 45.1 Å². The van der Waals surface area contributed by atoms with Crippen molar-refractivity contribution in [1.82, 2.24) is 4.98 Å². The Bertz CT molecular complexity index is 984. The van der Waals surface area contributed by atoms with Gasteiger partial charge in [0.2, 0.25) is 5.43 Å². The highest BCUT2D eigenvalue weighted by Crippen LogP contribution is 2.32. The normalized spacial score (nSPS) is 12.2. The minimum absolute atomic E-state index is 0.0891. The number of pyridine rings is 1. The van der Waals surface area contributed by atoms with Crippen molar-refractivity contribution < 1.29 is 22.7 Å². The number of H-pyrrole nitrogens is 1. The SMILES string of the molecule is COC(=O)c1c[nH]c(Cl)c(C/C(C)=C/c2c(C)cc(C(F)(F)F)cc2C)c1=O. The number of aromatic nitrogens is 1. The van der Waals surface area contributed by atoms with Crippen molar-refractivity contribution in [1.29, 1.82) is 0 Å². The highest BCUT2D eigenvalue weighted by atomic mass is 35.5. The topological polar surface area (TPSA) is 59.2 Å². The van der Waals surface area contributed by atoms with Gasteiger partial charge in [0.25, 0.3) is 0 Å². The van der Waals surface area contributed by atoms with Crippen LogP contribution in [0.2, 0.25) is 5.15 Å². The van der Waals surface area contributed by atoms with Crippen molar-refractivity contribution >= 4 is 23.6 Å². The van der Waals surface area contributed by atoms with Gasteiger partial charge in [0.05, 0.1) is 12.7 Å². The number of hydrogen-bond acceptors (Lipinski definition) is 3. The molecule has 0 amide bonds. The summed E-state index contributed by atoms with van der Waals surface area (Å²) in [6.07, 6.45) is -1.39. The van der Waals surface area contributed by atoms with Crippen molar-refractivity contribution in [2.45, 2.75) is 33.4 Å². The van der Waals surface area contributed by atoms with Gasteiger partial charge in [-0.2, -0.15) is 13.2 Å². The fourth-order valence-electron chi connectivity index (χ4n) is 2.91. The molecule has 4 nitrogen and oxygen atoms in total. The lowest BCUT2D eigenvalue weighted by atomic mass is 9.95. The average Bonchev–Trinajstić information content (AvgIpc) is 2.60. The summed E-state index contributed by atoms with van der Waals surface area (Å²) in [6.45, 7) is 4.93. The maximum atomic E-state index is 12.9. The maximum absolute atomic E-state index is 12.9. The molecule has 0 spiro atoms. The quantitative estimate of drug-likeness (QED) is 0.560. The zero-order valence-corrected chi connectivity index (χ0v) is 16.5. The fraction of sp³-hybridized carbons (Fsp3) is 0.300. The van der Waals surface area contributed by atoms with E-state index in [0.29, 0.717) is 22.3 Å². The number of aromatic amines is 1. The molecule has 28 heavy (non-hydrogen) atoms. The van der Waals surface area contributed by atoms with Gasteiger partial charge < -0.3 is 9.72 Å². The van der Waals surface area contributed by atoms with E-state index in [4.69, 9.17) is 11.6 Å². The molecule has 2 aromatic rings. The minimum Gasteiger partial charge on any atom is -0.465 e. The molecule has 1 heterocycles.